The molecule has 3 fully saturated rings. The van der Waals surface area contributed by atoms with Crippen LogP contribution < -0.4 is 14.8 Å². The summed E-state index contributed by atoms with van der Waals surface area (Å²) in [5.74, 6) is 3.07. The fraction of sp³-hybridized carbons (Fsp3) is 0.727. The van der Waals surface area contributed by atoms with Gasteiger partial charge in [0, 0.05) is 35.5 Å². The predicted octanol–water partition coefficient (Wildman–Crippen LogP) is 1.70. The third kappa shape index (κ3) is 2.05. The van der Waals surface area contributed by atoms with Crippen molar-refractivity contribution in [1.29, 1.82) is 0 Å². The zero-order valence-electron chi connectivity index (χ0n) is 16.3. The molecule has 5 aliphatic rings. The lowest BCUT2D eigenvalue weighted by Gasteiger charge is -2.59. The Balaban J connectivity index is 1.47. The normalized spacial score (nSPS) is 43.8. The van der Waals surface area contributed by atoms with Crippen LogP contribution >= 0.6 is 0 Å². The zero-order valence-corrected chi connectivity index (χ0v) is 16.3. The van der Waals surface area contributed by atoms with Gasteiger partial charge in [-0.1, -0.05) is 6.07 Å². The van der Waals surface area contributed by atoms with E-state index >= 15 is 0 Å². The lowest BCUT2D eigenvalue weighted by atomic mass is 9.51. The van der Waals surface area contributed by atoms with Crippen molar-refractivity contribution in [3.63, 3.8) is 0 Å². The molecule has 2 N–H and O–H groups in total. The molecule has 5 nitrogen and oxygen atoms in total. The Morgan fingerprint density at radius 2 is 2.22 bits per heavy atom. The Labute approximate surface area is 161 Å². The van der Waals surface area contributed by atoms with Gasteiger partial charge >= 0.3 is 0 Å². The Bertz CT molecular complexity index is 783. The SMILES string of the molecule is CN[C@@H]1CC[C@H]2[C@H]3Cc4ccc(OC)c5c4[C@@]2(CCN3CC2CC2O)[C@H]1O5. The summed E-state index contributed by atoms with van der Waals surface area (Å²) in [4.78, 5) is 2.71. The van der Waals surface area contributed by atoms with E-state index in [0.29, 0.717) is 23.9 Å². The fourth-order valence-electron chi connectivity index (χ4n) is 7.03. The van der Waals surface area contributed by atoms with Gasteiger partial charge in [0.05, 0.1) is 13.2 Å². The van der Waals surface area contributed by atoms with Gasteiger partial charge in [-0.2, -0.15) is 0 Å². The van der Waals surface area contributed by atoms with Gasteiger partial charge in [-0.3, -0.25) is 4.90 Å². The van der Waals surface area contributed by atoms with Crippen molar-refractivity contribution in [3.05, 3.63) is 23.3 Å². The number of ether oxygens (including phenoxy) is 2. The van der Waals surface area contributed by atoms with Gasteiger partial charge in [-0.25, -0.2) is 0 Å². The standard InChI is InChI=1S/C22H30N2O3/c1-23-15-5-4-14-16-9-12-3-6-18(26-2)20-19(12)22(14,21(15)27-20)7-8-24(16)11-13-10-17(13)25/h3,6,13-17,21,23,25H,4-5,7-11H2,1-2H3/t13?,14-,15+,16+,17?,21-,22-/m0/s1. The van der Waals surface area contributed by atoms with Crippen molar-refractivity contribution in [2.75, 3.05) is 27.2 Å². The highest BCUT2D eigenvalue weighted by molar-refractivity contribution is 5.61. The van der Waals surface area contributed by atoms with Gasteiger partial charge < -0.3 is 19.9 Å². The maximum atomic E-state index is 9.88. The second-order valence-corrected chi connectivity index (χ2v) is 9.37. The van der Waals surface area contributed by atoms with Crippen LogP contribution in [0.5, 0.6) is 11.5 Å². The van der Waals surface area contributed by atoms with Crippen LogP contribution in [0.2, 0.25) is 0 Å². The Morgan fingerprint density at radius 3 is 2.96 bits per heavy atom. The predicted molar refractivity (Wildman–Crippen MR) is 102 cm³/mol. The molecule has 2 unspecified atom stereocenters. The summed E-state index contributed by atoms with van der Waals surface area (Å²) in [5, 5.41) is 13.4. The molecule has 2 heterocycles. The van der Waals surface area contributed by atoms with Crippen LogP contribution in [0.4, 0.5) is 0 Å². The molecule has 1 saturated heterocycles. The topological polar surface area (TPSA) is 54.0 Å². The van der Waals surface area contributed by atoms with Gasteiger partial charge in [-0.05, 0) is 63.2 Å². The first-order chi connectivity index (χ1) is 13.2. The highest BCUT2D eigenvalue weighted by Gasteiger charge is 2.65. The summed E-state index contributed by atoms with van der Waals surface area (Å²) in [5.41, 5.74) is 3.07. The molecule has 27 heavy (non-hydrogen) atoms. The first-order valence-corrected chi connectivity index (χ1v) is 10.6. The number of likely N-dealkylation sites (N-methyl/N-ethyl adjacent to an activating group) is 1. The number of likely N-dealkylation sites (tertiary alicyclic amines) is 1. The average Bonchev–Trinajstić information content (AvgIpc) is 3.26. The number of aliphatic hydroxyl groups is 1. The van der Waals surface area contributed by atoms with Crippen LogP contribution in [-0.2, 0) is 11.8 Å². The van der Waals surface area contributed by atoms with Crippen molar-refractivity contribution in [1.82, 2.24) is 10.2 Å². The average molecular weight is 370 g/mol. The molecule has 1 spiro atoms. The number of nitrogens with one attached hydrogen (secondary N) is 1. The van der Waals surface area contributed by atoms with E-state index in [-0.39, 0.29) is 17.6 Å². The molecule has 2 bridgehead atoms. The molecule has 0 amide bonds. The number of nitrogens with zero attached hydrogens (tertiary/aromatic N) is 1. The maximum Gasteiger partial charge on any atom is 0.165 e. The number of hydrogen-bond acceptors (Lipinski definition) is 5. The van der Waals surface area contributed by atoms with Gasteiger partial charge in [0.25, 0.3) is 0 Å². The quantitative estimate of drug-likeness (QED) is 0.845. The number of hydrogen-bond donors (Lipinski definition) is 2. The van der Waals surface area contributed by atoms with E-state index in [1.54, 1.807) is 7.11 Å². The summed E-state index contributed by atoms with van der Waals surface area (Å²) in [6, 6.07) is 5.37. The second kappa shape index (κ2) is 5.62. The van der Waals surface area contributed by atoms with E-state index < -0.39 is 0 Å². The van der Waals surface area contributed by atoms with Crippen LogP contribution in [0.1, 0.15) is 36.8 Å². The van der Waals surface area contributed by atoms with Crippen LogP contribution in [0.25, 0.3) is 0 Å². The lowest BCUT2D eigenvalue weighted by molar-refractivity contribution is -0.0657. The van der Waals surface area contributed by atoms with Gasteiger partial charge in [0.15, 0.2) is 11.5 Å². The number of aliphatic hydroxyl groups excluding tert-OH is 1. The van der Waals surface area contributed by atoms with Gasteiger partial charge in [-0.15, -0.1) is 0 Å². The highest BCUT2D eigenvalue weighted by atomic mass is 16.5. The molecule has 5 heteroatoms. The number of rotatable bonds is 4. The molecular weight excluding hydrogens is 340 g/mol. The molecule has 0 aromatic heterocycles. The number of benzene rings is 1. The maximum absolute atomic E-state index is 9.88. The monoisotopic (exact) mass is 370 g/mol. The van der Waals surface area contributed by atoms with E-state index in [0.717, 1.165) is 43.9 Å². The highest BCUT2D eigenvalue weighted by Crippen LogP contribution is 2.64. The zero-order chi connectivity index (χ0) is 18.3. The largest absolute Gasteiger partial charge is 0.493 e. The van der Waals surface area contributed by atoms with Gasteiger partial charge in [0.2, 0.25) is 0 Å². The Kier molecular flexibility index (Phi) is 3.46. The smallest absolute Gasteiger partial charge is 0.165 e. The Morgan fingerprint density at radius 1 is 1.37 bits per heavy atom. The first-order valence-electron chi connectivity index (χ1n) is 10.6. The van der Waals surface area contributed by atoms with Crippen molar-refractivity contribution in [2.45, 2.75) is 61.8 Å². The van der Waals surface area contributed by atoms with Crippen molar-refractivity contribution >= 4 is 0 Å². The molecular formula is C22H30N2O3. The fourth-order valence-corrected chi connectivity index (χ4v) is 7.03. The third-order valence-corrected chi connectivity index (χ3v) is 8.36. The molecule has 146 valence electrons. The minimum atomic E-state index is -0.0600. The van der Waals surface area contributed by atoms with Crippen LogP contribution in [-0.4, -0.2) is 61.5 Å². The molecule has 7 atom stereocenters. The van der Waals surface area contributed by atoms with E-state index in [1.165, 1.54) is 24.0 Å². The minimum absolute atomic E-state index is 0.0600. The van der Waals surface area contributed by atoms with E-state index in [9.17, 15) is 5.11 Å². The summed E-state index contributed by atoms with van der Waals surface area (Å²) >= 11 is 0. The molecule has 6 rings (SSSR count). The molecule has 0 radical (unpaired) electrons. The van der Waals surface area contributed by atoms with Crippen molar-refractivity contribution in [3.8, 4) is 11.5 Å². The van der Waals surface area contributed by atoms with E-state index in [4.69, 9.17) is 9.47 Å². The van der Waals surface area contributed by atoms with E-state index in [1.807, 2.05) is 0 Å². The number of methoxy groups -OCH3 is 1. The molecule has 1 aromatic carbocycles. The first kappa shape index (κ1) is 16.6. The third-order valence-electron chi connectivity index (χ3n) is 8.36. The van der Waals surface area contributed by atoms with Crippen LogP contribution in [0.15, 0.2) is 12.1 Å². The molecule has 2 saturated carbocycles. The summed E-state index contributed by atoms with van der Waals surface area (Å²) < 4.78 is 12.4. The number of piperidine rings is 1. The van der Waals surface area contributed by atoms with Gasteiger partial charge in [0.1, 0.15) is 6.10 Å². The molecule has 1 aromatic rings. The lowest BCUT2D eigenvalue weighted by Crippen LogP contribution is -2.68. The second-order valence-electron chi connectivity index (χ2n) is 9.37. The van der Waals surface area contributed by atoms with Crippen molar-refractivity contribution in [2.24, 2.45) is 11.8 Å². The summed E-state index contributed by atoms with van der Waals surface area (Å²) in [6.07, 6.45) is 5.85. The summed E-state index contributed by atoms with van der Waals surface area (Å²) in [6.45, 7) is 2.19. The molecule has 2 aliphatic heterocycles. The minimum Gasteiger partial charge on any atom is -0.493 e. The van der Waals surface area contributed by atoms with E-state index in [2.05, 4.69) is 29.4 Å². The molecule has 3 aliphatic carbocycles. The Hall–Kier alpha value is -1.30. The van der Waals surface area contributed by atoms with Crippen LogP contribution in [0, 0.1) is 11.8 Å². The van der Waals surface area contributed by atoms with Crippen LogP contribution in [0.3, 0.4) is 0 Å². The summed E-state index contributed by atoms with van der Waals surface area (Å²) in [7, 11) is 3.83. The van der Waals surface area contributed by atoms with Crippen molar-refractivity contribution < 1.29 is 14.6 Å².